The van der Waals surface area contributed by atoms with Crippen molar-refractivity contribution in [2.75, 3.05) is 5.32 Å². The summed E-state index contributed by atoms with van der Waals surface area (Å²) in [5.74, 6) is -0.679. The van der Waals surface area contributed by atoms with E-state index in [2.05, 4.69) is 15.3 Å². The number of aryl methyl sites for hydroxylation is 1. The predicted octanol–water partition coefficient (Wildman–Crippen LogP) is 2.88. The molecule has 0 aromatic carbocycles. The second-order valence-electron chi connectivity index (χ2n) is 3.68. The molecule has 2 aromatic rings. The SMILES string of the molecule is Cc1ccncc1Nc1cc(C(=O)O)cc(Cl)n1. The molecule has 0 fully saturated rings. The summed E-state index contributed by atoms with van der Waals surface area (Å²) in [7, 11) is 0. The van der Waals surface area contributed by atoms with Crippen LogP contribution in [-0.2, 0) is 0 Å². The largest absolute Gasteiger partial charge is 0.478 e. The Hall–Kier alpha value is -2.14. The minimum Gasteiger partial charge on any atom is -0.478 e. The second kappa shape index (κ2) is 5.01. The monoisotopic (exact) mass is 263 g/mol. The standard InChI is InChI=1S/C12H10ClN3O2/c1-7-2-3-14-6-9(7)15-11-5-8(12(17)18)4-10(13)16-11/h2-6H,1H3,(H,15,16)(H,17,18). The van der Waals surface area contributed by atoms with Gasteiger partial charge in [-0.25, -0.2) is 9.78 Å². The molecule has 2 N–H and O–H groups in total. The fraction of sp³-hybridized carbons (Fsp3) is 0.0833. The molecule has 0 atom stereocenters. The first-order valence-electron chi connectivity index (χ1n) is 5.15. The highest BCUT2D eigenvalue weighted by Crippen LogP contribution is 2.20. The van der Waals surface area contributed by atoms with E-state index in [-0.39, 0.29) is 10.7 Å². The number of pyridine rings is 2. The van der Waals surface area contributed by atoms with Gasteiger partial charge >= 0.3 is 5.97 Å². The van der Waals surface area contributed by atoms with Crippen molar-refractivity contribution < 1.29 is 9.90 Å². The van der Waals surface area contributed by atoms with Gasteiger partial charge in [-0.2, -0.15) is 0 Å². The number of carboxylic acids is 1. The maximum absolute atomic E-state index is 10.9. The van der Waals surface area contributed by atoms with Gasteiger partial charge in [-0.1, -0.05) is 11.6 Å². The number of anilines is 2. The molecule has 0 saturated carbocycles. The third-order valence-electron chi connectivity index (χ3n) is 2.34. The quantitative estimate of drug-likeness (QED) is 0.833. The Morgan fingerprint density at radius 2 is 2.22 bits per heavy atom. The van der Waals surface area contributed by atoms with Crippen molar-refractivity contribution in [3.63, 3.8) is 0 Å². The molecule has 0 spiro atoms. The molecule has 0 amide bonds. The Kier molecular flexibility index (Phi) is 3.43. The zero-order valence-electron chi connectivity index (χ0n) is 9.51. The van der Waals surface area contributed by atoms with Gasteiger partial charge < -0.3 is 10.4 Å². The van der Waals surface area contributed by atoms with Gasteiger partial charge in [0.05, 0.1) is 17.4 Å². The van der Waals surface area contributed by atoms with Gasteiger partial charge in [0.15, 0.2) is 0 Å². The molecule has 18 heavy (non-hydrogen) atoms. The number of hydrogen-bond donors (Lipinski definition) is 2. The van der Waals surface area contributed by atoms with Crippen LogP contribution in [0.3, 0.4) is 0 Å². The highest BCUT2D eigenvalue weighted by Gasteiger charge is 2.08. The van der Waals surface area contributed by atoms with Crippen LogP contribution in [0.2, 0.25) is 5.15 Å². The van der Waals surface area contributed by atoms with Crippen LogP contribution in [0.15, 0.2) is 30.6 Å². The van der Waals surface area contributed by atoms with Crippen LogP contribution in [0.5, 0.6) is 0 Å². The van der Waals surface area contributed by atoms with Crippen LogP contribution in [-0.4, -0.2) is 21.0 Å². The van der Waals surface area contributed by atoms with E-state index in [0.717, 1.165) is 11.3 Å². The lowest BCUT2D eigenvalue weighted by atomic mass is 10.2. The van der Waals surface area contributed by atoms with Crippen LogP contribution in [0, 0.1) is 6.92 Å². The summed E-state index contributed by atoms with van der Waals surface area (Å²) in [6.07, 6.45) is 3.31. The second-order valence-corrected chi connectivity index (χ2v) is 4.07. The number of aromatic nitrogens is 2. The highest BCUT2D eigenvalue weighted by molar-refractivity contribution is 6.29. The van der Waals surface area contributed by atoms with E-state index in [9.17, 15) is 4.79 Å². The summed E-state index contributed by atoms with van der Waals surface area (Å²) in [5.41, 5.74) is 1.81. The van der Waals surface area contributed by atoms with Crippen LogP contribution >= 0.6 is 11.6 Å². The number of aromatic carboxylic acids is 1. The fourth-order valence-electron chi connectivity index (χ4n) is 1.42. The molecule has 6 heteroatoms. The molecule has 0 aliphatic heterocycles. The summed E-state index contributed by atoms with van der Waals surface area (Å²) >= 11 is 5.77. The third kappa shape index (κ3) is 2.75. The fourth-order valence-corrected chi connectivity index (χ4v) is 1.63. The molecule has 2 heterocycles. The molecule has 0 unspecified atom stereocenters. The molecule has 0 radical (unpaired) electrons. The minimum absolute atomic E-state index is 0.0824. The van der Waals surface area contributed by atoms with E-state index in [1.165, 1.54) is 12.1 Å². The maximum Gasteiger partial charge on any atom is 0.335 e. The molecule has 2 rings (SSSR count). The van der Waals surface area contributed by atoms with Crippen molar-refractivity contribution in [3.8, 4) is 0 Å². The molecular weight excluding hydrogens is 254 g/mol. The zero-order chi connectivity index (χ0) is 13.1. The maximum atomic E-state index is 10.9. The van der Waals surface area contributed by atoms with Crippen molar-refractivity contribution >= 4 is 29.1 Å². The molecule has 2 aromatic heterocycles. The van der Waals surface area contributed by atoms with E-state index in [4.69, 9.17) is 16.7 Å². The van der Waals surface area contributed by atoms with Crippen molar-refractivity contribution in [2.45, 2.75) is 6.92 Å². The van der Waals surface area contributed by atoms with Gasteiger partial charge in [0, 0.05) is 6.20 Å². The number of carbonyl (C=O) groups is 1. The average Bonchev–Trinajstić information content (AvgIpc) is 2.31. The van der Waals surface area contributed by atoms with E-state index in [1.54, 1.807) is 12.4 Å². The van der Waals surface area contributed by atoms with Gasteiger partial charge in [-0.3, -0.25) is 4.98 Å². The Bertz CT molecular complexity index is 602. The summed E-state index contributed by atoms with van der Waals surface area (Å²) in [6, 6.07) is 4.55. The first-order valence-corrected chi connectivity index (χ1v) is 5.52. The number of nitrogens with zero attached hydrogens (tertiary/aromatic N) is 2. The van der Waals surface area contributed by atoms with Crippen molar-refractivity contribution in [3.05, 3.63) is 46.9 Å². The van der Waals surface area contributed by atoms with Gasteiger partial charge in [0.2, 0.25) is 0 Å². The molecule has 0 aliphatic rings. The van der Waals surface area contributed by atoms with E-state index >= 15 is 0 Å². The Balaban J connectivity index is 2.35. The first-order chi connectivity index (χ1) is 8.56. The Morgan fingerprint density at radius 3 is 2.89 bits per heavy atom. The number of carboxylic acid groups (broad SMARTS) is 1. The molecule has 0 bridgehead atoms. The van der Waals surface area contributed by atoms with E-state index < -0.39 is 5.97 Å². The number of hydrogen-bond acceptors (Lipinski definition) is 4. The van der Waals surface area contributed by atoms with Crippen LogP contribution < -0.4 is 5.32 Å². The minimum atomic E-state index is -1.05. The van der Waals surface area contributed by atoms with Crippen molar-refractivity contribution in [1.82, 2.24) is 9.97 Å². The van der Waals surface area contributed by atoms with Crippen molar-refractivity contribution in [1.29, 1.82) is 0 Å². The molecule has 0 aliphatic carbocycles. The number of halogens is 1. The lowest BCUT2D eigenvalue weighted by Crippen LogP contribution is -2.01. The topological polar surface area (TPSA) is 75.1 Å². The molecule has 5 nitrogen and oxygen atoms in total. The zero-order valence-corrected chi connectivity index (χ0v) is 10.3. The van der Waals surface area contributed by atoms with E-state index in [1.807, 2.05) is 13.0 Å². The summed E-state index contributed by atoms with van der Waals surface area (Å²) in [4.78, 5) is 18.9. The van der Waals surface area contributed by atoms with Gasteiger partial charge in [0.1, 0.15) is 11.0 Å². The summed E-state index contributed by atoms with van der Waals surface area (Å²) in [5, 5.41) is 12.0. The molecule has 0 saturated heterocycles. The van der Waals surface area contributed by atoms with Crippen molar-refractivity contribution in [2.24, 2.45) is 0 Å². The average molecular weight is 264 g/mol. The van der Waals surface area contributed by atoms with Crippen LogP contribution in [0.1, 0.15) is 15.9 Å². The van der Waals surface area contributed by atoms with Gasteiger partial charge in [-0.15, -0.1) is 0 Å². The summed E-state index contributed by atoms with van der Waals surface area (Å²) in [6.45, 7) is 1.91. The lowest BCUT2D eigenvalue weighted by molar-refractivity contribution is 0.0697. The number of nitrogens with one attached hydrogen (secondary N) is 1. The molecule has 92 valence electrons. The molecular formula is C12H10ClN3O2. The van der Waals surface area contributed by atoms with Gasteiger partial charge in [0.25, 0.3) is 0 Å². The van der Waals surface area contributed by atoms with Crippen LogP contribution in [0.25, 0.3) is 0 Å². The van der Waals surface area contributed by atoms with Gasteiger partial charge in [-0.05, 0) is 30.7 Å². The Morgan fingerprint density at radius 1 is 1.44 bits per heavy atom. The highest BCUT2D eigenvalue weighted by atomic mass is 35.5. The third-order valence-corrected chi connectivity index (χ3v) is 2.54. The lowest BCUT2D eigenvalue weighted by Gasteiger charge is -2.08. The predicted molar refractivity (Wildman–Crippen MR) is 68.5 cm³/mol. The summed E-state index contributed by atoms with van der Waals surface area (Å²) < 4.78 is 0. The Labute approximate surface area is 108 Å². The smallest absolute Gasteiger partial charge is 0.335 e. The van der Waals surface area contributed by atoms with Crippen LogP contribution in [0.4, 0.5) is 11.5 Å². The number of rotatable bonds is 3. The first kappa shape index (κ1) is 12.3. The van der Waals surface area contributed by atoms with E-state index in [0.29, 0.717) is 5.82 Å². The normalized spacial score (nSPS) is 10.1.